The number of anilines is 4. The number of nitrogens with one attached hydrogen (secondary N) is 1. The van der Waals surface area contributed by atoms with E-state index in [1.807, 2.05) is 21.6 Å². The molecule has 9 nitrogen and oxygen atoms in total. The molecular formula is C31H36F3N9. The number of hydrogen-bond acceptors (Lipinski definition) is 8. The summed E-state index contributed by atoms with van der Waals surface area (Å²) in [6.07, 6.45) is 1.08. The van der Waals surface area contributed by atoms with Crippen LogP contribution < -0.4 is 16.0 Å². The van der Waals surface area contributed by atoms with Crippen LogP contribution >= 0.6 is 0 Å². The molecule has 7 rings (SSSR count). The molecule has 2 aliphatic heterocycles. The molecule has 3 N–H and O–H groups in total. The lowest BCUT2D eigenvalue weighted by Gasteiger charge is -2.43. The summed E-state index contributed by atoms with van der Waals surface area (Å²) >= 11 is 0. The van der Waals surface area contributed by atoms with Crippen LogP contribution in [0.15, 0.2) is 48.7 Å². The maximum absolute atomic E-state index is 14.4. The number of piperidine rings is 1. The van der Waals surface area contributed by atoms with Crippen molar-refractivity contribution in [3.8, 4) is 5.82 Å². The third-order valence-corrected chi connectivity index (χ3v) is 8.97. The standard InChI is InChI=1S/C31H36F3N9/c1-40-13-15-41(16-14-40)23-9-11-42(12-10-23)25-8-7-22(18-24(25)31(32,33)34)37-30-36-19-21-17-26(20-5-6-20)43(29(21)39-30)28-4-2-3-27(35)38-28/h2-4,7-8,17-20,23H,5-6,9-16H2,1H3,(H2,35,38)(H,36,37,39). The van der Waals surface area contributed by atoms with Crippen LogP contribution in [-0.2, 0) is 6.18 Å². The molecule has 3 fully saturated rings. The predicted molar refractivity (Wildman–Crippen MR) is 162 cm³/mol. The Morgan fingerprint density at radius 1 is 0.907 bits per heavy atom. The molecule has 226 valence electrons. The number of benzene rings is 1. The maximum atomic E-state index is 14.4. The Balaban J connectivity index is 1.14. The van der Waals surface area contributed by atoms with Crippen LogP contribution in [0.1, 0.15) is 42.9 Å². The topological polar surface area (TPSA) is 91.4 Å². The first-order valence-electron chi connectivity index (χ1n) is 15.0. The van der Waals surface area contributed by atoms with Crippen molar-refractivity contribution in [2.45, 2.75) is 43.8 Å². The number of piperazine rings is 1. The minimum atomic E-state index is -4.50. The number of nitrogen functional groups attached to an aromatic ring is 1. The molecule has 1 aromatic carbocycles. The lowest BCUT2D eigenvalue weighted by molar-refractivity contribution is -0.137. The van der Waals surface area contributed by atoms with Crippen molar-refractivity contribution >= 4 is 34.2 Å². The fourth-order valence-electron chi connectivity index (χ4n) is 6.46. The van der Waals surface area contributed by atoms with Gasteiger partial charge < -0.3 is 20.9 Å². The van der Waals surface area contributed by atoms with Gasteiger partial charge in [-0.2, -0.15) is 18.2 Å². The van der Waals surface area contributed by atoms with Crippen LogP contribution in [0.4, 0.5) is 36.3 Å². The molecule has 0 bridgehead atoms. The summed E-state index contributed by atoms with van der Waals surface area (Å²) in [6, 6.07) is 12.4. The van der Waals surface area contributed by atoms with Gasteiger partial charge in [-0.1, -0.05) is 6.07 Å². The minimum Gasteiger partial charge on any atom is -0.384 e. The Hall–Kier alpha value is -3.90. The monoisotopic (exact) mass is 591 g/mol. The molecule has 12 heteroatoms. The average molecular weight is 592 g/mol. The lowest BCUT2D eigenvalue weighted by atomic mass is 10.00. The van der Waals surface area contributed by atoms with Crippen LogP contribution in [-0.4, -0.2) is 81.7 Å². The Bertz CT molecular complexity index is 1610. The minimum absolute atomic E-state index is 0.215. The average Bonchev–Trinajstić information content (AvgIpc) is 3.77. The van der Waals surface area contributed by atoms with E-state index in [2.05, 4.69) is 38.2 Å². The van der Waals surface area contributed by atoms with Gasteiger partial charge in [-0.15, -0.1) is 0 Å². The zero-order valence-corrected chi connectivity index (χ0v) is 24.2. The SMILES string of the molecule is CN1CCN(C2CCN(c3ccc(Nc4ncc5cc(C6CC6)n(-c6cccc(N)n6)c5n4)cc3C(F)(F)F)CC2)CC1. The summed E-state index contributed by atoms with van der Waals surface area (Å²) in [5.74, 6) is 1.67. The van der Waals surface area contributed by atoms with E-state index >= 15 is 0 Å². The van der Waals surface area contributed by atoms with Gasteiger partial charge in [0.25, 0.3) is 0 Å². The molecule has 4 aromatic rings. The van der Waals surface area contributed by atoms with Gasteiger partial charge in [-0.3, -0.25) is 9.47 Å². The second-order valence-corrected chi connectivity index (χ2v) is 12.0. The van der Waals surface area contributed by atoms with Gasteiger partial charge in [-0.25, -0.2) is 9.97 Å². The number of halogens is 3. The lowest BCUT2D eigenvalue weighted by Crippen LogP contribution is -2.52. The molecule has 1 aliphatic carbocycles. The van der Waals surface area contributed by atoms with Gasteiger partial charge in [0.1, 0.15) is 11.6 Å². The van der Waals surface area contributed by atoms with E-state index in [-0.39, 0.29) is 17.3 Å². The van der Waals surface area contributed by atoms with Gasteiger partial charge in [0.2, 0.25) is 5.95 Å². The van der Waals surface area contributed by atoms with Crippen molar-refractivity contribution in [2.75, 3.05) is 62.3 Å². The van der Waals surface area contributed by atoms with Crippen LogP contribution in [0.5, 0.6) is 0 Å². The molecule has 2 saturated heterocycles. The highest BCUT2D eigenvalue weighted by Gasteiger charge is 2.37. The molecule has 1 saturated carbocycles. The fourth-order valence-corrected chi connectivity index (χ4v) is 6.46. The largest absolute Gasteiger partial charge is 0.418 e. The van der Waals surface area contributed by atoms with Gasteiger partial charge in [-0.05, 0) is 75.0 Å². The molecule has 5 heterocycles. The summed E-state index contributed by atoms with van der Waals surface area (Å²) in [5.41, 5.74) is 7.54. The molecule has 0 atom stereocenters. The Kier molecular flexibility index (Phi) is 7.13. The number of nitrogens with zero attached hydrogens (tertiary/aromatic N) is 7. The molecule has 0 spiro atoms. The van der Waals surface area contributed by atoms with Gasteiger partial charge >= 0.3 is 6.18 Å². The van der Waals surface area contributed by atoms with Crippen LogP contribution in [0.3, 0.4) is 0 Å². The molecule has 0 radical (unpaired) electrons. The normalized spacial score (nSPS) is 19.3. The van der Waals surface area contributed by atoms with Crippen molar-refractivity contribution in [2.24, 2.45) is 0 Å². The van der Waals surface area contributed by atoms with Crippen LogP contribution in [0.25, 0.3) is 16.9 Å². The number of nitrogens with two attached hydrogens (primary N) is 1. The smallest absolute Gasteiger partial charge is 0.384 e. The summed E-state index contributed by atoms with van der Waals surface area (Å²) in [6.45, 7) is 5.32. The van der Waals surface area contributed by atoms with E-state index in [1.54, 1.807) is 24.4 Å². The van der Waals surface area contributed by atoms with Gasteiger partial charge in [0.05, 0.1) is 5.56 Å². The Morgan fingerprint density at radius 2 is 1.67 bits per heavy atom. The Labute approximate surface area is 248 Å². The first-order chi connectivity index (χ1) is 20.7. The van der Waals surface area contributed by atoms with Crippen molar-refractivity contribution in [3.63, 3.8) is 0 Å². The molecule has 3 aromatic heterocycles. The van der Waals surface area contributed by atoms with Crippen LogP contribution in [0.2, 0.25) is 0 Å². The van der Waals surface area contributed by atoms with E-state index in [9.17, 15) is 13.2 Å². The van der Waals surface area contributed by atoms with E-state index in [0.717, 1.165) is 62.9 Å². The highest BCUT2D eigenvalue weighted by Crippen LogP contribution is 2.43. The third kappa shape index (κ3) is 5.73. The number of fused-ring (bicyclic) bond motifs is 1. The maximum Gasteiger partial charge on any atom is 0.418 e. The van der Waals surface area contributed by atoms with E-state index in [4.69, 9.17) is 10.7 Å². The number of pyridine rings is 1. The molecular weight excluding hydrogens is 555 g/mol. The van der Waals surface area contributed by atoms with Crippen molar-refractivity contribution in [3.05, 3.63) is 59.9 Å². The second kappa shape index (κ2) is 11.0. The number of aromatic nitrogens is 4. The molecule has 3 aliphatic rings. The predicted octanol–water partition coefficient (Wildman–Crippen LogP) is 5.25. The number of likely N-dealkylation sites (N-methyl/N-ethyl adjacent to an activating group) is 1. The summed E-state index contributed by atoms with van der Waals surface area (Å²) in [7, 11) is 2.13. The van der Waals surface area contributed by atoms with E-state index < -0.39 is 11.7 Å². The molecule has 0 amide bonds. The zero-order valence-electron chi connectivity index (χ0n) is 24.2. The quantitative estimate of drug-likeness (QED) is 0.314. The first kappa shape index (κ1) is 27.9. The number of hydrogen-bond donors (Lipinski definition) is 2. The van der Waals surface area contributed by atoms with Crippen molar-refractivity contribution in [1.29, 1.82) is 0 Å². The zero-order chi connectivity index (χ0) is 29.7. The summed E-state index contributed by atoms with van der Waals surface area (Å²) in [4.78, 5) is 20.4. The fraction of sp³-hybridized carbons (Fsp3) is 0.452. The van der Waals surface area contributed by atoms with Crippen molar-refractivity contribution in [1.82, 2.24) is 29.3 Å². The van der Waals surface area contributed by atoms with E-state index in [0.29, 0.717) is 42.3 Å². The highest BCUT2D eigenvalue weighted by molar-refractivity contribution is 5.80. The number of rotatable bonds is 6. The number of alkyl halides is 3. The Morgan fingerprint density at radius 3 is 2.37 bits per heavy atom. The van der Waals surface area contributed by atoms with Crippen LogP contribution in [0, 0.1) is 0 Å². The van der Waals surface area contributed by atoms with E-state index in [1.165, 1.54) is 6.07 Å². The second-order valence-electron chi connectivity index (χ2n) is 12.0. The van der Waals surface area contributed by atoms with Gasteiger partial charge in [0.15, 0.2) is 5.65 Å². The highest BCUT2D eigenvalue weighted by atomic mass is 19.4. The first-order valence-corrected chi connectivity index (χ1v) is 15.0. The summed E-state index contributed by atoms with van der Waals surface area (Å²) < 4.78 is 45.1. The van der Waals surface area contributed by atoms with Gasteiger partial charge in [0, 0.05) is 74.0 Å². The van der Waals surface area contributed by atoms with Crippen molar-refractivity contribution < 1.29 is 13.2 Å². The molecule has 0 unspecified atom stereocenters. The summed E-state index contributed by atoms with van der Waals surface area (Å²) in [5, 5.41) is 3.86. The third-order valence-electron chi connectivity index (χ3n) is 8.97. The molecule has 43 heavy (non-hydrogen) atoms.